The van der Waals surface area contributed by atoms with Gasteiger partial charge in [0, 0.05) is 12.3 Å². The minimum absolute atomic E-state index is 0.154. The first-order chi connectivity index (χ1) is 10.1. The van der Waals surface area contributed by atoms with Gasteiger partial charge in [0.05, 0.1) is 6.10 Å². The number of rotatable bonds is 3. The molecule has 21 heavy (non-hydrogen) atoms. The zero-order chi connectivity index (χ0) is 14.8. The highest BCUT2D eigenvalue weighted by atomic mass is 16.5. The van der Waals surface area contributed by atoms with Crippen LogP contribution in [0.2, 0.25) is 0 Å². The Bertz CT molecular complexity index is 613. The molecule has 1 aromatic heterocycles. The quantitative estimate of drug-likeness (QED) is 0.940. The summed E-state index contributed by atoms with van der Waals surface area (Å²) in [6, 6.07) is 6.44. The van der Waals surface area contributed by atoms with Crippen LogP contribution in [0.5, 0.6) is 0 Å². The fourth-order valence-corrected chi connectivity index (χ4v) is 2.92. The number of hydrogen-bond donors (Lipinski definition) is 1. The summed E-state index contributed by atoms with van der Waals surface area (Å²) in [5.74, 6) is 1.80. The lowest BCUT2D eigenvalue weighted by Gasteiger charge is -2.22. The molecular formula is C17H22N2O2. The molecular weight excluding hydrogens is 264 g/mol. The topological polar surface area (TPSA) is 59.2 Å². The molecule has 2 aromatic rings. The smallest absolute Gasteiger partial charge is 0.229 e. The summed E-state index contributed by atoms with van der Waals surface area (Å²) in [5.41, 5.74) is 3.80. The van der Waals surface area contributed by atoms with Crippen LogP contribution in [-0.2, 0) is 6.42 Å². The first-order valence-corrected chi connectivity index (χ1v) is 7.68. The lowest BCUT2D eigenvalue weighted by molar-refractivity contribution is 0.116. The van der Waals surface area contributed by atoms with Crippen LogP contribution in [0.15, 0.2) is 22.7 Å². The standard InChI is InChI=1S/C17H22N2O2/c1-11-3-4-13(9-12(11)2)10-16-18-17(21-19-16)14-5-7-15(20)8-6-14/h3-4,9,14-15,20H,5-8,10H2,1-2H3. The molecule has 0 atom stereocenters. The zero-order valence-electron chi connectivity index (χ0n) is 12.7. The summed E-state index contributed by atoms with van der Waals surface area (Å²) < 4.78 is 5.42. The Hall–Kier alpha value is -1.68. The van der Waals surface area contributed by atoms with Crippen molar-refractivity contribution in [2.24, 2.45) is 0 Å². The predicted octanol–water partition coefficient (Wildman–Crippen LogP) is 3.30. The van der Waals surface area contributed by atoms with Crippen LogP contribution in [0.1, 0.15) is 60.0 Å². The minimum atomic E-state index is -0.154. The molecule has 0 unspecified atom stereocenters. The van der Waals surface area contributed by atoms with Crippen LogP contribution in [0.4, 0.5) is 0 Å². The number of aryl methyl sites for hydroxylation is 2. The highest BCUT2D eigenvalue weighted by Gasteiger charge is 2.25. The average molecular weight is 286 g/mol. The third-order valence-electron chi connectivity index (χ3n) is 4.46. The fraction of sp³-hybridized carbons (Fsp3) is 0.529. The Labute approximate surface area is 125 Å². The monoisotopic (exact) mass is 286 g/mol. The van der Waals surface area contributed by atoms with Crippen LogP contribution < -0.4 is 0 Å². The van der Waals surface area contributed by atoms with E-state index in [0.29, 0.717) is 12.3 Å². The molecule has 1 aliphatic carbocycles. The maximum Gasteiger partial charge on any atom is 0.229 e. The first kappa shape index (κ1) is 14.3. The summed E-state index contributed by atoms with van der Waals surface area (Å²) in [4.78, 5) is 4.55. The largest absolute Gasteiger partial charge is 0.393 e. The maximum absolute atomic E-state index is 9.56. The van der Waals surface area contributed by atoms with Gasteiger partial charge in [-0.15, -0.1) is 0 Å². The van der Waals surface area contributed by atoms with Crippen molar-refractivity contribution in [1.29, 1.82) is 0 Å². The molecule has 4 heteroatoms. The van der Waals surface area contributed by atoms with E-state index in [1.54, 1.807) is 0 Å². The summed E-state index contributed by atoms with van der Waals surface area (Å²) in [6.45, 7) is 4.23. The van der Waals surface area contributed by atoms with Crippen molar-refractivity contribution in [3.05, 3.63) is 46.6 Å². The summed E-state index contributed by atoms with van der Waals surface area (Å²) in [6.07, 6.45) is 4.09. The van der Waals surface area contributed by atoms with Crippen LogP contribution in [0, 0.1) is 13.8 Å². The number of nitrogens with zero attached hydrogens (tertiary/aromatic N) is 2. The second-order valence-electron chi connectivity index (χ2n) is 6.15. The molecule has 0 bridgehead atoms. The van der Waals surface area contributed by atoms with Gasteiger partial charge in [-0.25, -0.2) is 0 Å². The van der Waals surface area contributed by atoms with E-state index in [1.807, 2.05) is 0 Å². The molecule has 0 aliphatic heterocycles. The molecule has 0 radical (unpaired) electrons. The molecule has 112 valence electrons. The summed E-state index contributed by atoms with van der Waals surface area (Å²) in [7, 11) is 0. The van der Waals surface area contributed by atoms with Gasteiger partial charge in [-0.1, -0.05) is 23.4 Å². The van der Waals surface area contributed by atoms with E-state index in [4.69, 9.17) is 4.52 Å². The second kappa shape index (κ2) is 5.98. The van der Waals surface area contributed by atoms with Gasteiger partial charge in [0.2, 0.25) is 5.89 Å². The molecule has 1 heterocycles. The van der Waals surface area contributed by atoms with Gasteiger partial charge in [-0.3, -0.25) is 0 Å². The zero-order valence-corrected chi connectivity index (χ0v) is 12.7. The first-order valence-electron chi connectivity index (χ1n) is 7.68. The summed E-state index contributed by atoms with van der Waals surface area (Å²) in [5, 5.41) is 13.7. The van der Waals surface area contributed by atoms with Crippen molar-refractivity contribution < 1.29 is 9.63 Å². The third kappa shape index (κ3) is 3.32. The van der Waals surface area contributed by atoms with Gasteiger partial charge in [0.15, 0.2) is 5.82 Å². The van der Waals surface area contributed by atoms with E-state index < -0.39 is 0 Å². The van der Waals surface area contributed by atoms with E-state index in [9.17, 15) is 5.11 Å². The number of aromatic nitrogens is 2. The van der Waals surface area contributed by atoms with Crippen LogP contribution in [0.25, 0.3) is 0 Å². The van der Waals surface area contributed by atoms with Crippen molar-refractivity contribution in [3.63, 3.8) is 0 Å². The molecule has 1 aromatic carbocycles. The van der Waals surface area contributed by atoms with E-state index in [2.05, 4.69) is 42.2 Å². The Morgan fingerprint density at radius 2 is 1.90 bits per heavy atom. The van der Waals surface area contributed by atoms with Crippen LogP contribution in [-0.4, -0.2) is 21.4 Å². The van der Waals surface area contributed by atoms with Gasteiger partial charge in [-0.05, 0) is 56.2 Å². The molecule has 3 rings (SSSR count). The van der Waals surface area contributed by atoms with Crippen molar-refractivity contribution in [2.45, 2.75) is 58.0 Å². The third-order valence-corrected chi connectivity index (χ3v) is 4.46. The fourth-order valence-electron chi connectivity index (χ4n) is 2.92. The van der Waals surface area contributed by atoms with Crippen LogP contribution >= 0.6 is 0 Å². The Balaban J connectivity index is 1.68. The van der Waals surface area contributed by atoms with E-state index in [0.717, 1.165) is 37.4 Å². The highest BCUT2D eigenvalue weighted by Crippen LogP contribution is 2.31. The SMILES string of the molecule is Cc1ccc(Cc2noc(C3CCC(O)CC3)n2)cc1C. The molecule has 0 amide bonds. The number of aliphatic hydroxyl groups is 1. The van der Waals surface area contributed by atoms with Crippen molar-refractivity contribution in [1.82, 2.24) is 10.1 Å². The van der Waals surface area contributed by atoms with Crippen molar-refractivity contribution in [3.8, 4) is 0 Å². The van der Waals surface area contributed by atoms with Crippen LogP contribution in [0.3, 0.4) is 0 Å². The van der Waals surface area contributed by atoms with Crippen molar-refractivity contribution in [2.75, 3.05) is 0 Å². The summed E-state index contributed by atoms with van der Waals surface area (Å²) >= 11 is 0. The highest BCUT2D eigenvalue weighted by molar-refractivity contribution is 5.31. The van der Waals surface area contributed by atoms with Gasteiger partial charge in [-0.2, -0.15) is 4.98 Å². The minimum Gasteiger partial charge on any atom is -0.393 e. The molecule has 1 fully saturated rings. The van der Waals surface area contributed by atoms with Gasteiger partial charge < -0.3 is 9.63 Å². The van der Waals surface area contributed by atoms with Gasteiger partial charge >= 0.3 is 0 Å². The molecule has 0 saturated heterocycles. The Morgan fingerprint density at radius 3 is 2.62 bits per heavy atom. The van der Waals surface area contributed by atoms with E-state index in [1.165, 1.54) is 16.7 Å². The molecule has 4 nitrogen and oxygen atoms in total. The average Bonchev–Trinajstić information content (AvgIpc) is 2.92. The molecule has 1 saturated carbocycles. The van der Waals surface area contributed by atoms with E-state index in [-0.39, 0.29) is 6.10 Å². The number of aliphatic hydroxyl groups excluding tert-OH is 1. The van der Waals surface area contributed by atoms with Gasteiger partial charge in [0.25, 0.3) is 0 Å². The number of hydrogen-bond acceptors (Lipinski definition) is 4. The number of benzene rings is 1. The molecule has 1 aliphatic rings. The van der Waals surface area contributed by atoms with Crippen molar-refractivity contribution >= 4 is 0 Å². The predicted molar refractivity (Wildman–Crippen MR) is 80.2 cm³/mol. The maximum atomic E-state index is 9.56. The normalized spacial score (nSPS) is 22.4. The second-order valence-corrected chi connectivity index (χ2v) is 6.15. The Morgan fingerprint density at radius 1 is 1.14 bits per heavy atom. The molecule has 1 N–H and O–H groups in total. The lowest BCUT2D eigenvalue weighted by atomic mass is 9.87. The lowest BCUT2D eigenvalue weighted by Crippen LogP contribution is -2.17. The Kier molecular flexibility index (Phi) is 4.06. The van der Waals surface area contributed by atoms with Gasteiger partial charge in [0.1, 0.15) is 0 Å². The molecule has 0 spiro atoms. The van der Waals surface area contributed by atoms with E-state index >= 15 is 0 Å².